The number of hydrogen-bond acceptors (Lipinski definition) is 4. The molecule has 1 N–H and O–H groups in total. The summed E-state index contributed by atoms with van der Waals surface area (Å²) in [7, 11) is 0. The fraction of sp³-hybridized carbons (Fsp3) is 0.263. The van der Waals surface area contributed by atoms with Gasteiger partial charge in [-0.15, -0.1) is 0 Å². The van der Waals surface area contributed by atoms with E-state index in [0.29, 0.717) is 16.9 Å². The number of carbonyl (C=O) groups excluding carboxylic acids is 1. The molecule has 1 spiro atoms. The summed E-state index contributed by atoms with van der Waals surface area (Å²) >= 11 is 0. The smallest absolute Gasteiger partial charge is 0.277 e. The van der Waals surface area contributed by atoms with Gasteiger partial charge in [0.1, 0.15) is 5.82 Å². The van der Waals surface area contributed by atoms with Gasteiger partial charge in [-0.05, 0) is 54.5 Å². The molecule has 0 radical (unpaired) electrons. The monoisotopic (exact) mass is 331 g/mol. The molecule has 5 rings (SSSR count). The van der Waals surface area contributed by atoms with E-state index in [1.165, 1.54) is 18.5 Å². The lowest BCUT2D eigenvalue weighted by Gasteiger charge is -2.06. The van der Waals surface area contributed by atoms with E-state index in [9.17, 15) is 4.79 Å². The quantitative estimate of drug-likeness (QED) is 0.801. The Labute approximate surface area is 144 Å². The van der Waals surface area contributed by atoms with Crippen molar-refractivity contribution < 1.29 is 4.79 Å². The molecule has 2 aliphatic rings. The zero-order valence-corrected chi connectivity index (χ0v) is 13.6. The minimum Gasteiger partial charge on any atom is -0.305 e. The van der Waals surface area contributed by atoms with Crippen LogP contribution in [0, 0.1) is 5.41 Å². The van der Waals surface area contributed by atoms with E-state index in [1.807, 2.05) is 35.0 Å². The first kappa shape index (κ1) is 14.3. The number of nitrogens with zero attached hydrogens (tertiary/aromatic N) is 4. The highest BCUT2D eigenvalue weighted by Crippen LogP contribution is 2.53. The van der Waals surface area contributed by atoms with Gasteiger partial charge in [-0.3, -0.25) is 14.5 Å². The third-order valence-electron chi connectivity index (χ3n) is 5.09. The molecule has 1 amide bonds. The van der Waals surface area contributed by atoms with Gasteiger partial charge in [0.05, 0.1) is 0 Å². The lowest BCUT2D eigenvalue weighted by molar-refractivity contribution is 0.102. The van der Waals surface area contributed by atoms with Crippen molar-refractivity contribution in [2.75, 3.05) is 5.32 Å². The molecule has 1 fully saturated rings. The van der Waals surface area contributed by atoms with Crippen molar-refractivity contribution in [3.63, 3.8) is 0 Å². The van der Waals surface area contributed by atoms with Crippen LogP contribution in [0.4, 0.5) is 5.82 Å². The maximum absolute atomic E-state index is 12.5. The van der Waals surface area contributed by atoms with Crippen LogP contribution in [0.3, 0.4) is 0 Å². The summed E-state index contributed by atoms with van der Waals surface area (Å²) in [6, 6.07) is 9.51. The van der Waals surface area contributed by atoms with Gasteiger partial charge in [-0.25, -0.2) is 4.98 Å². The summed E-state index contributed by atoms with van der Waals surface area (Å²) in [5.41, 5.74) is 4.02. The Morgan fingerprint density at radius 2 is 2.08 bits per heavy atom. The molecule has 6 heteroatoms. The van der Waals surface area contributed by atoms with Crippen molar-refractivity contribution in [3.8, 4) is 11.1 Å². The molecule has 0 unspecified atom stereocenters. The minimum atomic E-state index is -0.220. The predicted octanol–water partition coefficient (Wildman–Crippen LogP) is 2.93. The second-order valence-corrected chi connectivity index (χ2v) is 6.98. The molecule has 1 aliphatic heterocycles. The number of carbonyl (C=O) groups is 1. The van der Waals surface area contributed by atoms with E-state index in [1.54, 1.807) is 18.6 Å². The molecular weight excluding hydrogens is 314 g/mol. The first-order valence-electron chi connectivity index (χ1n) is 8.45. The van der Waals surface area contributed by atoms with Gasteiger partial charge in [0.2, 0.25) is 0 Å². The molecule has 0 saturated heterocycles. The van der Waals surface area contributed by atoms with Crippen LogP contribution in [-0.2, 0) is 13.0 Å². The van der Waals surface area contributed by atoms with Crippen LogP contribution in [0.2, 0.25) is 0 Å². The lowest BCUT2D eigenvalue weighted by atomic mass is 10.0. The van der Waals surface area contributed by atoms with E-state index in [2.05, 4.69) is 20.4 Å². The molecule has 6 nitrogen and oxygen atoms in total. The summed E-state index contributed by atoms with van der Waals surface area (Å²) in [5, 5.41) is 7.32. The molecule has 0 aromatic carbocycles. The summed E-state index contributed by atoms with van der Waals surface area (Å²) in [6.45, 7) is 0.949. The van der Waals surface area contributed by atoms with Gasteiger partial charge in [0.15, 0.2) is 5.69 Å². The highest BCUT2D eigenvalue weighted by molar-refractivity contribution is 6.02. The Balaban J connectivity index is 1.35. The summed E-state index contributed by atoms with van der Waals surface area (Å²) in [4.78, 5) is 20.9. The van der Waals surface area contributed by atoms with Crippen molar-refractivity contribution in [1.29, 1.82) is 0 Å². The fourth-order valence-corrected chi connectivity index (χ4v) is 3.51. The first-order valence-corrected chi connectivity index (χ1v) is 8.45. The minimum absolute atomic E-state index is 0.220. The zero-order valence-electron chi connectivity index (χ0n) is 13.6. The molecular formula is C19H17N5O. The van der Waals surface area contributed by atoms with Crippen LogP contribution in [0.1, 0.15) is 29.0 Å². The lowest BCUT2D eigenvalue weighted by Crippen LogP contribution is -2.15. The average Bonchev–Trinajstić information content (AvgIpc) is 3.13. The second kappa shape index (κ2) is 5.24. The van der Waals surface area contributed by atoms with Crippen molar-refractivity contribution in [3.05, 3.63) is 60.3 Å². The van der Waals surface area contributed by atoms with Crippen LogP contribution in [0.5, 0.6) is 0 Å². The third kappa shape index (κ3) is 2.59. The number of aromatic nitrogens is 4. The van der Waals surface area contributed by atoms with E-state index in [4.69, 9.17) is 0 Å². The predicted molar refractivity (Wildman–Crippen MR) is 93.0 cm³/mol. The number of nitrogens with one attached hydrogen (secondary N) is 1. The van der Waals surface area contributed by atoms with E-state index in [-0.39, 0.29) is 5.91 Å². The normalized spacial score (nSPS) is 16.6. The molecule has 0 atom stereocenters. The standard InChI is InChI=1S/C19H17N5O/c25-18(16-9-15-10-19(4-5-19)12-24(15)23-16)22-17-8-13(3-7-21-17)14-2-1-6-20-11-14/h1-3,6-9,11H,4-5,10,12H2,(H,21,22,25). The first-order chi connectivity index (χ1) is 12.2. The van der Waals surface area contributed by atoms with Crippen molar-refractivity contribution in [1.82, 2.24) is 19.7 Å². The largest absolute Gasteiger partial charge is 0.305 e. The van der Waals surface area contributed by atoms with E-state index in [0.717, 1.165) is 24.1 Å². The van der Waals surface area contributed by atoms with Gasteiger partial charge in [0.25, 0.3) is 5.91 Å². The van der Waals surface area contributed by atoms with Crippen LogP contribution in [0.25, 0.3) is 11.1 Å². The molecule has 3 aromatic heterocycles. The number of pyridine rings is 2. The van der Waals surface area contributed by atoms with Gasteiger partial charge < -0.3 is 5.32 Å². The summed E-state index contributed by atoms with van der Waals surface area (Å²) in [5.74, 6) is 0.292. The Morgan fingerprint density at radius 1 is 1.16 bits per heavy atom. The Kier molecular flexibility index (Phi) is 3.00. The van der Waals surface area contributed by atoms with Gasteiger partial charge in [-0.2, -0.15) is 5.10 Å². The molecule has 1 aliphatic carbocycles. The van der Waals surface area contributed by atoms with Crippen LogP contribution < -0.4 is 5.32 Å². The molecule has 124 valence electrons. The topological polar surface area (TPSA) is 72.7 Å². The van der Waals surface area contributed by atoms with Crippen molar-refractivity contribution in [2.45, 2.75) is 25.8 Å². The van der Waals surface area contributed by atoms with Gasteiger partial charge in [-0.1, -0.05) is 6.07 Å². The maximum atomic E-state index is 12.5. The van der Waals surface area contributed by atoms with Crippen molar-refractivity contribution >= 4 is 11.7 Å². The van der Waals surface area contributed by atoms with E-state index < -0.39 is 0 Å². The van der Waals surface area contributed by atoms with Gasteiger partial charge >= 0.3 is 0 Å². The molecule has 0 bridgehead atoms. The number of rotatable bonds is 3. The number of hydrogen-bond donors (Lipinski definition) is 1. The SMILES string of the molecule is O=C(Nc1cc(-c2cccnc2)ccn1)c1cc2n(n1)CC1(CC1)C2. The highest BCUT2D eigenvalue weighted by atomic mass is 16.2. The second-order valence-electron chi connectivity index (χ2n) is 6.98. The van der Waals surface area contributed by atoms with E-state index >= 15 is 0 Å². The highest BCUT2D eigenvalue weighted by Gasteiger charge is 2.48. The zero-order chi connectivity index (χ0) is 16.9. The third-order valence-corrected chi connectivity index (χ3v) is 5.09. The number of fused-ring (bicyclic) bond motifs is 1. The van der Waals surface area contributed by atoms with Crippen LogP contribution in [-0.4, -0.2) is 25.7 Å². The summed E-state index contributed by atoms with van der Waals surface area (Å²) < 4.78 is 1.99. The Bertz CT molecular complexity index is 933. The fourth-order valence-electron chi connectivity index (χ4n) is 3.51. The van der Waals surface area contributed by atoms with Crippen LogP contribution >= 0.6 is 0 Å². The van der Waals surface area contributed by atoms with Crippen LogP contribution in [0.15, 0.2) is 48.9 Å². The Hall–Kier alpha value is -3.02. The average molecular weight is 331 g/mol. The molecule has 1 saturated carbocycles. The van der Waals surface area contributed by atoms with Crippen molar-refractivity contribution in [2.24, 2.45) is 5.41 Å². The molecule has 3 aromatic rings. The Morgan fingerprint density at radius 3 is 2.84 bits per heavy atom. The molecule has 25 heavy (non-hydrogen) atoms. The number of amides is 1. The number of anilines is 1. The van der Waals surface area contributed by atoms with Gasteiger partial charge in [0, 0.05) is 36.4 Å². The maximum Gasteiger partial charge on any atom is 0.277 e. The molecule has 4 heterocycles. The summed E-state index contributed by atoms with van der Waals surface area (Å²) in [6.07, 6.45) is 8.81.